The van der Waals surface area contributed by atoms with Crippen LogP contribution in [0.5, 0.6) is 5.75 Å². The SMILES string of the molecule is O=C(O)C1=CO[C@@H](O[C@@H]2O[C@H](CO)[C@@H](O)[C@H](O)[C@H]2O)[C@@H]2[C@@H](COC(=O)c3ccc(C(=O)O)cc3O)CC[C@H]12. The summed E-state index contributed by atoms with van der Waals surface area (Å²) in [7, 11) is 0. The van der Waals surface area contributed by atoms with Crippen molar-refractivity contribution in [3.63, 3.8) is 0 Å². The number of aromatic hydroxyl groups is 1. The number of carbonyl (C=O) groups excluding carboxylic acids is 1. The minimum atomic E-state index is -1.71. The Morgan fingerprint density at radius 1 is 0.974 bits per heavy atom. The van der Waals surface area contributed by atoms with Gasteiger partial charge in [0.15, 0.2) is 6.29 Å². The Morgan fingerprint density at radius 2 is 1.71 bits per heavy atom. The van der Waals surface area contributed by atoms with E-state index in [9.17, 15) is 45.0 Å². The quantitative estimate of drug-likeness (QED) is 0.197. The molecule has 0 unspecified atom stereocenters. The highest BCUT2D eigenvalue weighted by Gasteiger charge is 2.52. The number of hydrogen-bond acceptors (Lipinski definition) is 12. The number of rotatable bonds is 8. The molecule has 0 radical (unpaired) electrons. The average Bonchev–Trinajstić information content (AvgIpc) is 3.31. The number of phenolic OH excluding ortho intramolecular Hbond substituents is 1. The Bertz CT molecular complexity index is 1100. The van der Waals surface area contributed by atoms with Crippen LogP contribution in [-0.4, -0.2) is 104 Å². The minimum Gasteiger partial charge on any atom is -0.507 e. The summed E-state index contributed by atoms with van der Waals surface area (Å²) in [5, 5.41) is 68.5. The zero-order valence-electron chi connectivity index (χ0n) is 19.8. The van der Waals surface area contributed by atoms with Gasteiger partial charge >= 0.3 is 17.9 Å². The second-order valence-corrected chi connectivity index (χ2v) is 9.37. The first-order chi connectivity index (χ1) is 18.0. The van der Waals surface area contributed by atoms with E-state index in [0.29, 0.717) is 12.8 Å². The van der Waals surface area contributed by atoms with Gasteiger partial charge in [-0.3, -0.25) is 0 Å². The Hall–Kier alpha value is -3.27. The van der Waals surface area contributed by atoms with Crippen molar-refractivity contribution in [2.45, 2.75) is 49.8 Å². The number of carbonyl (C=O) groups is 3. The number of aliphatic hydroxyl groups is 4. The third-order valence-electron chi connectivity index (χ3n) is 7.16. The molecule has 0 spiro atoms. The summed E-state index contributed by atoms with van der Waals surface area (Å²) in [6.45, 7) is -0.908. The summed E-state index contributed by atoms with van der Waals surface area (Å²) in [5.41, 5.74) is -0.512. The van der Waals surface area contributed by atoms with Crippen molar-refractivity contribution in [1.82, 2.24) is 0 Å². The predicted molar refractivity (Wildman–Crippen MR) is 120 cm³/mol. The topological polar surface area (TPSA) is 230 Å². The van der Waals surface area contributed by atoms with E-state index in [0.717, 1.165) is 24.5 Å². The molecule has 9 atom stereocenters. The van der Waals surface area contributed by atoms with Crippen molar-refractivity contribution in [2.24, 2.45) is 17.8 Å². The van der Waals surface area contributed by atoms with E-state index >= 15 is 0 Å². The molecule has 14 heteroatoms. The zero-order chi connectivity index (χ0) is 27.7. The number of benzene rings is 1. The van der Waals surface area contributed by atoms with Gasteiger partial charge in [0.05, 0.1) is 30.6 Å². The Kier molecular flexibility index (Phi) is 8.20. The molecular weight excluding hydrogens is 512 g/mol. The van der Waals surface area contributed by atoms with Crippen LogP contribution in [0.3, 0.4) is 0 Å². The van der Waals surface area contributed by atoms with Gasteiger partial charge in [-0.15, -0.1) is 0 Å². The van der Waals surface area contributed by atoms with Gasteiger partial charge in [-0.25, -0.2) is 14.4 Å². The van der Waals surface area contributed by atoms with Crippen LogP contribution < -0.4 is 0 Å². The lowest BCUT2D eigenvalue weighted by Crippen LogP contribution is -2.60. The van der Waals surface area contributed by atoms with E-state index in [2.05, 4.69) is 0 Å². The van der Waals surface area contributed by atoms with Crippen LogP contribution in [0.25, 0.3) is 0 Å². The number of hydrogen-bond donors (Lipinski definition) is 7. The van der Waals surface area contributed by atoms with Crippen LogP contribution in [0.2, 0.25) is 0 Å². The van der Waals surface area contributed by atoms with Gasteiger partial charge in [-0.05, 0) is 31.0 Å². The summed E-state index contributed by atoms with van der Waals surface area (Å²) in [6.07, 6.45) is -7.20. The van der Waals surface area contributed by atoms with Gasteiger partial charge in [0.1, 0.15) is 35.7 Å². The van der Waals surface area contributed by atoms with Crippen molar-refractivity contribution >= 4 is 17.9 Å². The van der Waals surface area contributed by atoms with E-state index in [1.807, 2.05) is 0 Å². The zero-order valence-corrected chi connectivity index (χ0v) is 19.8. The molecule has 1 saturated heterocycles. The molecule has 2 aliphatic heterocycles. The number of carboxylic acids is 2. The molecule has 2 fully saturated rings. The van der Waals surface area contributed by atoms with E-state index < -0.39 is 85.0 Å². The molecule has 208 valence electrons. The highest BCUT2D eigenvalue weighted by molar-refractivity contribution is 5.95. The van der Waals surface area contributed by atoms with Crippen molar-refractivity contribution in [3.05, 3.63) is 41.2 Å². The molecular formula is C24H28O14. The third-order valence-corrected chi connectivity index (χ3v) is 7.16. The molecule has 2 heterocycles. The molecule has 1 aromatic carbocycles. The standard InChI is InChI=1S/C24H28O14/c25-6-15-17(27)18(28)19(29)24(37-15)38-23-16-10(2-3-11(16)13(8-36-23)21(32)33)7-35-22(34)12-4-1-9(20(30)31)5-14(12)26/h1,4-5,8,10-11,15-19,23-29H,2-3,6-7H2,(H,30,31)(H,32,33)/t10-,11-,15-,16-,17-,18+,19-,23+,24+/m1/s1. The van der Waals surface area contributed by atoms with Crippen molar-refractivity contribution in [2.75, 3.05) is 13.2 Å². The average molecular weight is 540 g/mol. The summed E-state index contributed by atoms with van der Waals surface area (Å²) in [6, 6.07) is 3.15. The highest BCUT2D eigenvalue weighted by Crippen LogP contribution is 2.47. The molecule has 1 saturated carbocycles. The molecule has 3 aliphatic rings. The van der Waals surface area contributed by atoms with Gasteiger partial charge in [0, 0.05) is 17.8 Å². The molecule has 1 aromatic rings. The van der Waals surface area contributed by atoms with Crippen LogP contribution in [0.4, 0.5) is 0 Å². The number of esters is 1. The number of ether oxygens (including phenoxy) is 4. The second kappa shape index (κ2) is 11.2. The third kappa shape index (κ3) is 5.32. The maximum absolute atomic E-state index is 12.6. The first-order valence-corrected chi connectivity index (χ1v) is 11.8. The number of aliphatic carboxylic acids is 1. The minimum absolute atomic E-state index is 0.0283. The van der Waals surface area contributed by atoms with Gasteiger partial charge in [-0.2, -0.15) is 0 Å². The largest absolute Gasteiger partial charge is 0.507 e. The van der Waals surface area contributed by atoms with Crippen LogP contribution in [0.1, 0.15) is 33.6 Å². The summed E-state index contributed by atoms with van der Waals surface area (Å²) in [5.74, 6) is -5.80. The fraction of sp³-hybridized carbons (Fsp3) is 0.542. The molecule has 0 amide bonds. The van der Waals surface area contributed by atoms with E-state index in [-0.39, 0.29) is 23.3 Å². The Morgan fingerprint density at radius 3 is 2.34 bits per heavy atom. The highest BCUT2D eigenvalue weighted by atomic mass is 16.8. The Balaban J connectivity index is 1.50. The second-order valence-electron chi connectivity index (χ2n) is 9.37. The normalized spacial score (nSPS) is 34.5. The molecule has 0 aromatic heterocycles. The summed E-state index contributed by atoms with van der Waals surface area (Å²) >= 11 is 0. The molecule has 1 aliphatic carbocycles. The fourth-order valence-corrected chi connectivity index (χ4v) is 5.14. The summed E-state index contributed by atoms with van der Waals surface area (Å²) < 4.78 is 22.0. The van der Waals surface area contributed by atoms with Gasteiger partial charge in [0.25, 0.3) is 0 Å². The molecule has 4 rings (SSSR count). The molecule has 14 nitrogen and oxygen atoms in total. The van der Waals surface area contributed by atoms with Crippen molar-refractivity contribution in [1.29, 1.82) is 0 Å². The van der Waals surface area contributed by atoms with Crippen molar-refractivity contribution in [3.8, 4) is 5.75 Å². The van der Waals surface area contributed by atoms with Crippen LogP contribution in [0, 0.1) is 17.8 Å². The summed E-state index contributed by atoms with van der Waals surface area (Å²) in [4.78, 5) is 35.4. The van der Waals surface area contributed by atoms with Crippen LogP contribution in [-0.2, 0) is 23.7 Å². The molecule has 7 N–H and O–H groups in total. The predicted octanol–water partition coefficient (Wildman–Crippen LogP) is -0.969. The van der Waals surface area contributed by atoms with Gasteiger partial charge in [-0.1, -0.05) is 0 Å². The maximum atomic E-state index is 12.6. The number of aliphatic hydroxyl groups excluding tert-OH is 4. The maximum Gasteiger partial charge on any atom is 0.341 e. The van der Waals surface area contributed by atoms with E-state index in [4.69, 9.17) is 24.1 Å². The smallest absolute Gasteiger partial charge is 0.341 e. The first-order valence-electron chi connectivity index (χ1n) is 11.8. The van der Waals surface area contributed by atoms with E-state index in [1.165, 1.54) is 0 Å². The van der Waals surface area contributed by atoms with Gasteiger partial charge < -0.3 is 54.7 Å². The number of aromatic carboxylic acids is 1. The first kappa shape index (κ1) is 27.8. The lowest BCUT2D eigenvalue weighted by Gasteiger charge is -2.43. The monoisotopic (exact) mass is 540 g/mol. The van der Waals surface area contributed by atoms with Crippen LogP contribution >= 0.6 is 0 Å². The molecule has 0 bridgehead atoms. The molecule has 38 heavy (non-hydrogen) atoms. The van der Waals surface area contributed by atoms with Gasteiger partial charge in [0.2, 0.25) is 6.29 Å². The van der Waals surface area contributed by atoms with Crippen LogP contribution in [0.15, 0.2) is 30.0 Å². The van der Waals surface area contributed by atoms with E-state index in [1.54, 1.807) is 0 Å². The lowest BCUT2D eigenvalue weighted by molar-refractivity contribution is -0.342. The number of phenols is 1. The number of fused-ring (bicyclic) bond motifs is 1. The fourth-order valence-electron chi connectivity index (χ4n) is 5.14. The van der Waals surface area contributed by atoms with Crippen molar-refractivity contribution < 1.29 is 69.1 Å². The Labute approximate surface area is 215 Å². The lowest BCUT2D eigenvalue weighted by atomic mass is 9.83. The number of carboxylic acid groups (broad SMARTS) is 2.